The van der Waals surface area contributed by atoms with E-state index in [1.165, 1.54) is 69.8 Å². The molecule has 0 N–H and O–H groups in total. The van der Waals surface area contributed by atoms with Crippen LogP contribution < -0.4 is 0 Å². The second kappa shape index (κ2) is 8.11. The molecule has 0 unspecified atom stereocenters. The SMILES string of the molecule is C=C(CC[C@@H](C)[C@H]1CC[C@@]2(C)[C@@H]3CC[C@H]4[C@H](C)[C@@H](OC(C)=O)CC[C@@]45C[C@]35CC[C@]12C)C(C)C. The minimum atomic E-state index is -0.0870. The lowest BCUT2D eigenvalue weighted by atomic mass is 9.43. The molecule has 0 saturated heterocycles. The lowest BCUT2D eigenvalue weighted by Crippen LogP contribution is -2.56. The summed E-state index contributed by atoms with van der Waals surface area (Å²) in [6.45, 7) is 21.0. The predicted molar refractivity (Wildman–Crippen MR) is 140 cm³/mol. The number of hydrogen-bond donors (Lipinski definition) is 0. The van der Waals surface area contributed by atoms with Gasteiger partial charge in [-0.05, 0) is 128 Å². The Bertz CT molecular complexity index is 844. The lowest BCUT2D eigenvalue weighted by molar-refractivity contribution is -0.165. The third-order valence-corrected chi connectivity index (χ3v) is 13.4. The Morgan fingerprint density at radius 1 is 0.971 bits per heavy atom. The molecule has 10 atom stereocenters. The smallest absolute Gasteiger partial charge is 0.302 e. The summed E-state index contributed by atoms with van der Waals surface area (Å²) in [5.41, 5.74) is 3.61. The summed E-state index contributed by atoms with van der Waals surface area (Å²) in [6.07, 6.45) is 15.1. The van der Waals surface area contributed by atoms with Crippen LogP contribution in [0.3, 0.4) is 0 Å². The van der Waals surface area contributed by atoms with Crippen molar-refractivity contribution in [1.29, 1.82) is 0 Å². The van der Waals surface area contributed by atoms with Crippen molar-refractivity contribution in [3.63, 3.8) is 0 Å². The molecule has 0 amide bonds. The highest BCUT2D eigenvalue weighted by atomic mass is 16.5. The molecule has 5 rings (SSSR count). The van der Waals surface area contributed by atoms with Crippen LogP contribution in [0.25, 0.3) is 0 Å². The Morgan fingerprint density at radius 3 is 2.38 bits per heavy atom. The van der Waals surface area contributed by atoms with Crippen LogP contribution >= 0.6 is 0 Å². The van der Waals surface area contributed by atoms with Crippen LogP contribution in [-0.4, -0.2) is 12.1 Å². The highest BCUT2D eigenvalue weighted by Gasteiger charge is 2.81. The van der Waals surface area contributed by atoms with Gasteiger partial charge in [0.2, 0.25) is 0 Å². The molecule has 192 valence electrons. The third kappa shape index (κ3) is 3.21. The van der Waals surface area contributed by atoms with Crippen molar-refractivity contribution in [3.8, 4) is 0 Å². The number of rotatable bonds is 6. The Kier molecular flexibility index (Phi) is 5.93. The van der Waals surface area contributed by atoms with Crippen molar-refractivity contribution in [1.82, 2.24) is 0 Å². The first-order valence-corrected chi connectivity index (χ1v) is 14.8. The van der Waals surface area contributed by atoms with Crippen LogP contribution in [0.2, 0.25) is 0 Å². The quantitative estimate of drug-likeness (QED) is 0.288. The number of carbonyl (C=O) groups excluding carboxylic acids is 1. The van der Waals surface area contributed by atoms with E-state index in [2.05, 4.69) is 48.1 Å². The van der Waals surface area contributed by atoms with Gasteiger partial charge in [0.05, 0.1) is 0 Å². The molecule has 2 spiro atoms. The van der Waals surface area contributed by atoms with Crippen LogP contribution in [0.1, 0.15) is 119 Å². The maximum atomic E-state index is 11.7. The Labute approximate surface area is 210 Å². The molecule has 0 heterocycles. The second-order valence-electron chi connectivity index (χ2n) is 14.6. The summed E-state index contributed by atoms with van der Waals surface area (Å²) in [7, 11) is 0. The zero-order valence-corrected chi connectivity index (χ0v) is 23.3. The average Bonchev–Trinajstić information content (AvgIpc) is 3.36. The first-order valence-electron chi connectivity index (χ1n) is 14.8. The highest BCUT2D eigenvalue weighted by Crippen LogP contribution is 2.88. The first-order chi connectivity index (χ1) is 15.9. The van der Waals surface area contributed by atoms with E-state index >= 15 is 0 Å². The third-order valence-electron chi connectivity index (χ3n) is 13.4. The summed E-state index contributed by atoms with van der Waals surface area (Å²) in [4.78, 5) is 11.7. The number of allylic oxidation sites excluding steroid dienone is 1. The molecule has 0 aromatic heterocycles. The number of hydrogen-bond acceptors (Lipinski definition) is 2. The molecule has 34 heavy (non-hydrogen) atoms. The Balaban J connectivity index is 1.35. The minimum Gasteiger partial charge on any atom is -0.462 e. The van der Waals surface area contributed by atoms with Crippen LogP contribution in [0.4, 0.5) is 0 Å². The maximum Gasteiger partial charge on any atom is 0.302 e. The summed E-state index contributed by atoms with van der Waals surface area (Å²) in [5.74, 6) is 4.43. The van der Waals surface area contributed by atoms with E-state index in [1.54, 1.807) is 6.92 Å². The van der Waals surface area contributed by atoms with E-state index in [0.29, 0.717) is 33.5 Å². The highest BCUT2D eigenvalue weighted by molar-refractivity contribution is 5.66. The first kappa shape index (κ1) is 24.9. The summed E-state index contributed by atoms with van der Waals surface area (Å²) in [5, 5.41) is 0. The van der Waals surface area contributed by atoms with Gasteiger partial charge in [-0.25, -0.2) is 0 Å². The van der Waals surface area contributed by atoms with Gasteiger partial charge in [-0.1, -0.05) is 53.7 Å². The average molecular weight is 469 g/mol. The number of ether oxygens (including phenoxy) is 1. The van der Waals surface area contributed by atoms with Crippen LogP contribution in [-0.2, 0) is 9.53 Å². The van der Waals surface area contributed by atoms with Crippen molar-refractivity contribution in [2.24, 2.45) is 57.2 Å². The zero-order valence-electron chi connectivity index (χ0n) is 23.3. The Morgan fingerprint density at radius 2 is 1.71 bits per heavy atom. The second-order valence-corrected chi connectivity index (χ2v) is 14.6. The maximum absolute atomic E-state index is 11.7. The fourth-order valence-electron chi connectivity index (χ4n) is 11.2. The van der Waals surface area contributed by atoms with Crippen LogP contribution in [0.5, 0.6) is 0 Å². The van der Waals surface area contributed by atoms with Gasteiger partial charge in [-0.3, -0.25) is 4.79 Å². The van der Waals surface area contributed by atoms with E-state index in [-0.39, 0.29) is 12.1 Å². The fourth-order valence-corrected chi connectivity index (χ4v) is 11.2. The van der Waals surface area contributed by atoms with Gasteiger partial charge >= 0.3 is 5.97 Å². The van der Waals surface area contributed by atoms with Crippen LogP contribution in [0.15, 0.2) is 12.2 Å². The van der Waals surface area contributed by atoms with Crippen molar-refractivity contribution >= 4 is 5.97 Å². The van der Waals surface area contributed by atoms with E-state index in [9.17, 15) is 4.79 Å². The molecular formula is C32H52O2. The summed E-state index contributed by atoms with van der Waals surface area (Å²) in [6, 6.07) is 0. The topological polar surface area (TPSA) is 26.3 Å². The van der Waals surface area contributed by atoms with Gasteiger partial charge in [0.15, 0.2) is 0 Å². The van der Waals surface area contributed by atoms with Crippen molar-refractivity contribution < 1.29 is 9.53 Å². The molecule has 2 nitrogen and oxygen atoms in total. The summed E-state index contributed by atoms with van der Waals surface area (Å²) >= 11 is 0. The molecule has 2 heteroatoms. The van der Waals surface area contributed by atoms with Gasteiger partial charge in [0.1, 0.15) is 6.10 Å². The van der Waals surface area contributed by atoms with E-state index < -0.39 is 0 Å². The molecule has 0 bridgehead atoms. The standard InChI is InChI=1S/C32H52O2/c1-20(2)21(3)9-10-22(4)25-13-15-30(8)28-12-11-26-23(5)27(34-24(6)33)14-16-31(26)19-32(28,31)18-17-29(25,30)7/h20,22-23,25-28H,3,9-19H2,1-2,4-8H3/t22-,23+,25-,26+,27+,28+,29-,30+,31-,32-/m1/s1. The van der Waals surface area contributed by atoms with E-state index in [0.717, 1.165) is 30.1 Å². The minimum absolute atomic E-state index is 0.0870. The van der Waals surface area contributed by atoms with E-state index in [4.69, 9.17) is 4.74 Å². The van der Waals surface area contributed by atoms with Gasteiger partial charge in [0.25, 0.3) is 0 Å². The lowest BCUT2D eigenvalue weighted by Gasteiger charge is -2.62. The van der Waals surface area contributed by atoms with Crippen LogP contribution in [0, 0.1) is 57.2 Å². The molecule has 0 radical (unpaired) electrons. The van der Waals surface area contributed by atoms with Crippen molar-refractivity contribution in [2.75, 3.05) is 0 Å². The van der Waals surface area contributed by atoms with Crippen molar-refractivity contribution in [3.05, 3.63) is 12.2 Å². The normalized spacial score (nSPS) is 49.9. The molecule has 0 aromatic rings. The van der Waals surface area contributed by atoms with Gasteiger partial charge in [0, 0.05) is 6.92 Å². The van der Waals surface area contributed by atoms with Gasteiger partial charge < -0.3 is 4.74 Å². The van der Waals surface area contributed by atoms with Crippen molar-refractivity contribution in [2.45, 2.75) is 125 Å². The molecule has 5 fully saturated rings. The predicted octanol–water partition coefficient (Wildman–Crippen LogP) is 8.60. The molecule has 0 aromatic carbocycles. The molecule has 5 aliphatic carbocycles. The zero-order chi connectivity index (χ0) is 24.7. The molecule has 0 aliphatic heterocycles. The number of carbonyl (C=O) groups is 1. The molecule has 5 aliphatic rings. The van der Waals surface area contributed by atoms with Gasteiger partial charge in [-0.2, -0.15) is 0 Å². The summed E-state index contributed by atoms with van der Waals surface area (Å²) < 4.78 is 5.80. The van der Waals surface area contributed by atoms with E-state index in [1.807, 2.05) is 0 Å². The largest absolute Gasteiger partial charge is 0.462 e. The molecule has 5 saturated carbocycles. The Hall–Kier alpha value is -0.790. The monoisotopic (exact) mass is 468 g/mol. The fraction of sp³-hybridized carbons (Fsp3) is 0.906. The van der Waals surface area contributed by atoms with Gasteiger partial charge in [-0.15, -0.1) is 0 Å². The number of fused-ring (bicyclic) bond motifs is 2. The number of esters is 1. The molecular weight excluding hydrogens is 416 g/mol.